The molecule has 130 valence electrons. The normalized spacial score (nSPS) is 19.4. The molecule has 1 aliphatic carbocycles. The van der Waals surface area contributed by atoms with E-state index in [4.69, 9.17) is 0 Å². The molecule has 3 rings (SSSR count). The third kappa shape index (κ3) is 3.37. The Labute approximate surface area is 150 Å². The first-order valence-corrected chi connectivity index (χ1v) is 8.81. The lowest BCUT2D eigenvalue weighted by atomic mass is 9.85. The lowest BCUT2D eigenvalue weighted by molar-refractivity contribution is -0.122. The van der Waals surface area contributed by atoms with E-state index in [0.29, 0.717) is 0 Å². The molecule has 1 fully saturated rings. The summed E-state index contributed by atoms with van der Waals surface area (Å²) in [6.07, 6.45) is 0.816. The van der Waals surface area contributed by atoms with Crippen molar-refractivity contribution in [2.45, 2.75) is 39.5 Å². The monoisotopic (exact) mass is 334 g/mol. The van der Waals surface area contributed by atoms with Gasteiger partial charge < -0.3 is 0 Å². The van der Waals surface area contributed by atoms with Gasteiger partial charge >= 0.3 is 0 Å². The summed E-state index contributed by atoms with van der Waals surface area (Å²) in [4.78, 5) is 12.8. The summed E-state index contributed by atoms with van der Waals surface area (Å²) >= 11 is 0. The Morgan fingerprint density at radius 1 is 1.00 bits per heavy atom. The Morgan fingerprint density at radius 2 is 1.48 bits per heavy atom. The fourth-order valence-corrected chi connectivity index (χ4v) is 3.24. The van der Waals surface area contributed by atoms with Crippen LogP contribution in [0.15, 0.2) is 65.8 Å². The van der Waals surface area contributed by atoms with E-state index in [2.05, 4.69) is 55.6 Å². The van der Waals surface area contributed by atoms with E-state index in [9.17, 15) is 4.79 Å². The average Bonchev–Trinajstić information content (AvgIpc) is 3.37. The lowest BCUT2D eigenvalue weighted by Gasteiger charge is -2.19. The second kappa shape index (κ2) is 6.47. The van der Waals surface area contributed by atoms with Gasteiger partial charge in [0.2, 0.25) is 5.91 Å². The molecule has 1 aliphatic rings. The van der Waals surface area contributed by atoms with Gasteiger partial charge in [-0.15, -0.1) is 0 Å². The van der Waals surface area contributed by atoms with Crippen LogP contribution in [-0.2, 0) is 10.2 Å². The topological polar surface area (TPSA) is 41.5 Å². The molecule has 0 unspecified atom stereocenters. The standard InChI is InChI=1S/C22H26N2O/c1-16(21(2,3)4)23-24-20(25)19-15-22(19,17-11-7-5-8-12-17)18-13-9-6-10-14-18/h5-14,19H,15H2,1-4H3,(H,24,25)/b23-16-/t19-/m1/s1. The van der Waals surface area contributed by atoms with Crippen molar-refractivity contribution >= 4 is 11.6 Å². The zero-order valence-corrected chi connectivity index (χ0v) is 15.4. The maximum atomic E-state index is 12.8. The number of hydrazone groups is 1. The van der Waals surface area contributed by atoms with Gasteiger partial charge in [0.25, 0.3) is 0 Å². The summed E-state index contributed by atoms with van der Waals surface area (Å²) in [6.45, 7) is 8.23. The van der Waals surface area contributed by atoms with Crippen molar-refractivity contribution in [3.05, 3.63) is 71.8 Å². The molecular formula is C22H26N2O. The SMILES string of the molecule is C/C(=N/NC(=O)[C@H]1CC1(c1ccccc1)c1ccccc1)C(C)(C)C. The second-order valence-electron chi connectivity index (χ2n) is 7.88. The number of hydrogen-bond acceptors (Lipinski definition) is 2. The molecule has 0 saturated heterocycles. The Balaban J connectivity index is 1.87. The summed E-state index contributed by atoms with van der Waals surface area (Å²) in [5.41, 5.74) is 5.81. The molecule has 0 heterocycles. The number of carbonyl (C=O) groups excluding carboxylic acids is 1. The second-order valence-corrected chi connectivity index (χ2v) is 7.88. The van der Waals surface area contributed by atoms with E-state index in [1.165, 1.54) is 11.1 Å². The highest BCUT2D eigenvalue weighted by Crippen LogP contribution is 2.58. The van der Waals surface area contributed by atoms with Gasteiger partial charge in [-0.05, 0) is 24.5 Å². The van der Waals surface area contributed by atoms with Crippen LogP contribution in [0, 0.1) is 11.3 Å². The number of nitrogens with zero attached hydrogens (tertiary/aromatic N) is 1. The molecule has 1 saturated carbocycles. The van der Waals surface area contributed by atoms with Crippen molar-refractivity contribution in [3.8, 4) is 0 Å². The first-order valence-electron chi connectivity index (χ1n) is 8.81. The molecule has 1 amide bonds. The first kappa shape index (κ1) is 17.4. The number of hydrogen-bond donors (Lipinski definition) is 1. The van der Waals surface area contributed by atoms with Crippen LogP contribution in [0.1, 0.15) is 45.2 Å². The van der Waals surface area contributed by atoms with Gasteiger partial charge in [-0.3, -0.25) is 4.79 Å². The summed E-state index contributed by atoms with van der Waals surface area (Å²) in [6, 6.07) is 20.6. The average molecular weight is 334 g/mol. The number of rotatable bonds is 4. The van der Waals surface area contributed by atoms with Gasteiger partial charge in [0.05, 0.1) is 5.92 Å². The van der Waals surface area contributed by atoms with Crippen molar-refractivity contribution in [1.82, 2.24) is 5.43 Å². The first-order chi connectivity index (χ1) is 11.9. The molecule has 0 aromatic heterocycles. The summed E-state index contributed by atoms with van der Waals surface area (Å²) in [5.74, 6) is -0.0925. The number of carbonyl (C=O) groups is 1. The summed E-state index contributed by atoms with van der Waals surface area (Å²) in [5, 5.41) is 4.33. The van der Waals surface area contributed by atoms with Gasteiger partial charge in [-0.25, -0.2) is 5.43 Å². The van der Waals surface area contributed by atoms with Gasteiger partial charge in [0.1, 0.15) is 0 Å². The van der Waals surface area contributed by atoms with Crippen molar-refractivity contribution in [3.63, 3.8) is 0 Å². The molecule has 0 radical (unpaired) electrons. The van der Waals surface area contributed by atoms with E-state index in [1.807, 2.05) is 43.3 Å². The maximum Gasteiger partial charge on any atom is 0.244 e. The van der Waals surface area contributed by atoms with Gasteiger partial charge in [-0.2, -0.15) is 5.10 Å². The van der Waals surface area contributed by atoms with E-state index < -0.39 is 0 Å². The fraction of sp³-hybridized carbons (Fsp3) is 0.364. The minimum atomic E-state index is -0.238. The highest BCUT2D eigenvalue weighted by atomic mass is 16.2. The van der Waals surface area contributed by atoms with Gasteiger partial charge in [0, 0.05) is 16.5 Å². The minimum absolute atomic E-state index is 0.00342. The van der Waals surface area contributed by atoms with E-state index in [-0.39, 0.29) is 22.7 Å². The summed E-state index contributed by atoms with van der Waals surface area (Å²) < 4.78 is 0. The van der Waals surface area contributed by atoms with Crippen LogP contribution in [0.25, 0.3) is 0 Å². The molecule has 0 aliphatic heterocycles. The largest absolute Gasteiger partial charge is 0.273 e. The molecule has 2 aromatic rings. The molecule has 1 N–H and O–H groups in total. The predicted octanol–water partition coefficient (Wildman–Crippen LogP) is 4.53. The van der Waals surface area contributed by atoms with E-state index in [0.717, 1.165) is 12.1 Å². The third-order valence-corrected chi connectivity index (χ3v) is 5.27. The number of nitrogens with one attached hydrogen (secondary N) is 1. The Hall–Kier alpha value is -2.42. The smallest absolute Gasteiger partial charge is 0.244 e. The van der Waals surface area contributed by atoms with Crippen LogP contribution in [0.5, 0.6) is 0 Å². The zero-order valence-electron chi connectivity index (χ0n) is 15.4. The number of benzene rings is 2. The van der Waals surface area contributed by atoms with Gasteiger partial charge in [-0.1, -0.05) is 81.4 Å². The zero-order chi connectivity index (χ0) is 18.1. The maximum absolute atomic E-state index is 12.8. The van der Waals surface area contributed by atoms with Crippen molar-refractivity contribution in [1.29, 1.82) is 0 Å². The van der Waals surface area contributed by atoms with Crippen LogP contribution in [0.2, 0.25) is 0 Å². The Bertz CT molecular complexity index is 733. The predicted molar refractivity (Wildman–Crippen MR) is 102 cm³/mol. The van der Waals surface area contributed by atoms with Crippen molar-refractivity contribution in [2.24, 2.45) is 16.4 Å². The van der Waals surface area contributed by atoms with E-state index >= 15 is 0 Å². The van der Waals surface area contributed by atoms with E-state index in [1.54, 1.807) is 0 Å². The third-order valence-electron chi connectivity index (χ3n) is 5.27. The molecule has 1 atom stereocenters. The molecular weight excluding hydrogens is 308 g/mol. The lowest BCUT2D eigenvalue weighted by Crippen LogP contribution is -2.28. The minimum Gasteiger partial charge on any atom is -0.273 e. The molecule has 0 spiro atoms. The van der Waals surface area contributed by atoms with Gasteiger partial charge in [0.15, 0.2) is 0 Å². The molecule has 0 bridgehead atoms. The fourth-order valence-electron chi connectivity index (χ4n) is 3.24. The Kier molecular flexibility index (Phi) is 4.51. The molecule has 25 heavy (non-hydrogen) atoms. The highest BCUT2D eigenvalue weighted by Gasteiger charge is 2.60. The van der Waals surface area contributed by atoms with Crippen molar-refractivity contribution in [2.75, 3.05) is 0 Å². The van der Waals surface area contributed by atoms with Crippen LogP contribution < -0.4 is 5.43 Å². The van der Waals surface area contributed by atoms with Crippen LogP contribution in [-0.4, -0.2) is 11.6 Å². The Morgan fingerprint density at radius 3 is 1.92 bits per heavy atom. The van der Waals surface area contributed by atoms with Crippen molar-refractivity contribution < 1.29 is 4.79 Å². The number of amides is 1. The van der Waals surface area contributed by atoms with Crippen LogP contribution in [0.4, 0.5) is 0 Å². The summed E-state index contributed by atoms with van der Waals surface area (Å²) in [7, 11) is 0. The molecule has 3 nitrogen and oxygen atoms in total. The molecule has 2 aromatic carbocycles. The quantitative estimate of drug-likeness (QED) is 0.648. The van der Waals surface area contributed by atoms with Crippen LogP contribution >= 0.6 is 0 Å². The van der Waals surface area contributed by atoms with Crippen LogP contribution in [0.3, 0.4) is 0 Å². The highest BCUT2D eigenvalue weighted by molar-refractivity contribution is 5.90. The molecule has 3 heteroatoms.